The third-order valence-electron chi connectivity index (χ3n) is 3.31. The van der Waals surface area contributed by atoms with Gasteiger partial charge in [-0.15, -0.1) is 0 Å². The molecule has 2 heterocycles. The molecule has 0 bridgehead atoms. The zero-order chi connectivity index (χ0) is 15.3. The Bertz CT molecular complexity index is 456. The van der Waals surface area contributed by atoms with Gasteiger partial charge in [0.1, 0.15) is 11.4 Å². The minimum atomic E-state index is -0.447. The fourth-order valence-corrected chi connectivity index (χ4v) is 2.34. The van der Waals surface area contributed by atoms with Gasteiger partial charge >= 0.3 is 6.09 Å². The van der Waals surface area contributed by atoms with E-state index in [1.807, 2.05) is 32.9 Å². The van der Waals surface area contributed by atoms with E-state index in [0.29, 0.717) is 19.1 Å². The third-order valence-corrected chi connectivity index (χ3v) is 3.31. The fourth-order valence-electron chi connectivity index (χ4n) is 2.34. The minimum Gasteiger partial charge on any atom is -0.493 e. The highest BCUT2D eigenvalue weighted by Gasteiger charge is 2.27. The number of amides is 1. The Hall–Kier alpha value is -1.78. The molecule has 1 aliphatic heterocycles. The van der Waals surface area contributed by atoms with Crippen LogP contribution in [0, 0.1) is 5.92 Å². The van der Waals surface area contributed by atoms with E-state index in [2.05, 4.69) is 4.98 Å². The Morgan fingerprint density at radius 2 is 2.10 bits per heavy atom. The fraction of sp³-hybridized carbons (Fsp3) is 0.625. The molecule has 21 heavy (non-hydrogen) atoms. The van der Waals surface area contributed by atoms with Crippen molar-refractivity contribution in [2.45, 2.75) is 39.2 Å². The maximum atomic E-state index is 12.1. The molecule has 1 saturated heterocycles. The standard InChI is InChI=1S/C16H24N2O3/c1-16(2,3)21-15(19)18-10-4-5-13(11-18)12-20-14-6-8-17-9-7-14/h6-9,13H,4-5,10-12H2,1-3H3/t13-/m1/s1. The zero-order valence-electron chi connectivity index (χ0n) is 13.0. The summed E-state index contributed by atoms with van der Waals surface area (Å²) in [6, 6.07) is 3.68. The number of piperidine rings is 1. The number of carbonyl (C=O) groups is 1. The lowest BCUT2D eigenvalue weighted by Crippen LogP contribution is -2.44. The number of pyridine rings is 1. The lowest BCUT2D eigenvalue weighted by molar-refractivity contribution is 0.0139. The van der Waals surface area contributed by atoms with Crippen LogP contribution in [-0.4, -0.2) is 41.3 Å². The topological polar surface area (TPSA) is 51.7 Å². The van der Waals surface area contributed by atoms with E-state index in [4.69, 9.17) is 9.47 Å². The number of carbonyl (C=O) groups excluding carboxylic acids is 1. The molecular formula is C16H24N2O3. The second kappa shape index (κ2) is 6.78. The Balaban J connectivity index is 1.82. The highest BCUT2D eigenvalue weighted by atomic mass is 16.6. The van der Waals surface area contributed by atoms with Crippen molar-refractivity contribution in [1.29, 1.82) is 0 Å². The van der Waals surface area contributed by atoms with Crippen LogP contribution in [-0.2, 0) is 4.74 Å². The predicted molar refractivity (Wildman–Crippen MR) is 80.3 cm³/mol. The monoisotopic (exact) mass is 292 g/mol. The molecule has 5 nitrogen and oxygen atoms in total. The van der Waals surface area contributed by atoms with Gasteiger partial charge in [-0.1, -0.05) is 0 Å². The van der Waals surface area contributed by atoms with Gasteiger partial charge in [0.05, 0.1) is 6.61 Å². The number of aromatic nitrogens is 1. The normalized spacial score (nSPS) is 19.2. The summed E-state index contributed by atoms with van der Waals surface area (Å²) >= 11 is 0. The van der Waals surface area contributed by atoms with Gasteiger partial charge in [0.25, 0.3) is 0 Å². The van der Waals surface area contributed by atoms with E-state index in [9.17, 15) is 4.79 Å². The van der Waals surface area contributed by atoms with Gasteiger partial charge < -0.3 is 14.4 Å². The SMILES string of the molecule is CC(C)(C)OC(=O)N1CCC[C@@H](COc2ccncc2)C1. The van der Waals surface area contributed by atoms with Gasteiger partial charge in [0, 0.05) is 31.4 Å². The molecule has 5 heteroatoms. The van der Waals surface area contributed by atoms with Crippen molar-refractivity contribution in [3.63, 3.8) is 0 Å². The molecule has 0 aromatic carbocycles. The van der Waals surface area contributed by atoms with Gasteiger partial charge in [0.2, 0.25) is 0 Å². The van der Waals surface area contributed by atoms with E-state index in [1.165, 1.54) is 0 Å². The highest BCUT2D eigenvalue weighted by Crippen LogP contribution is 2.20. The first kappa shape index (κ1) is 15.6. The Labute approximate surface area is 126 Å². The van der Waals surface area contributed by atoms with E-state index in [0.717, 1.165) is 25.1 Å². The molecule has 1 fully saturated rings. The van der Waals surface area contributed by atoms with E-state index < -0.39 is 5.60 Å². The number of rotatable bonds is 3. The lowest BCUT2D eigenvalue weighted by Gasteiger charge is -2.34. The van der Waals surface area contributed by atoms with Gasteiger partial charge in [-0.3, -0.25) is 4.98 Å². The van der Waals surface area contributed by atoms with E-state index in [-0.39, 0.29) is 6.09 Å². The number of ether oxygens (including phenoxy) is 2. The summed E-state index contributed by atoms with van der Waals surface area (Å²) in [5.41, 5.74) is -0.447. The first-order valence-corrected chi connectivity index (χ1v) is 7.45. The molecule has 0 saturated carbocycles. The predicted octanol–water partition coefficient (Wildman–Crippen LogP) is 3.11. The largest absolute Gasteiger partial charge is 0.493 e. The Morgan fingerprint density at radius 3 is 2.76 bits per heavy atom. The van der Waals surface area contributed by atoms with Gasteiger partial charge in [-0.25, -0.2) is 4.79 Å². The molecule has 0 unspecified atom stereocenters. The van der Waals surface area contributed by atoms with Gasteiger partial charge in [0.15, 0.2) is 0 Å². The maximum Gasteiger partial charge on any atom is 0.410 e. The summed E-state index contributed by atoms with van der Waals surface area (Å²) in [6.45, 7) is 7.74. The van der Waals surface area contributed by atoms with Crippen LogP contribution in [0.25, 0.3) is 0 Å². The first-order chi connectivity index (χ1) is 9.94. The summed E-state index contributed by atoms with van der Waals surface area (Å²) in [4.78, 5) is 17.8. The smallest absolute Gasteiger partial charge is 0.410 e. The number of likely N-dealkylation sites (tertiary alicyclic amines) is 1. The number of hydrogen-bond acceptors (Lipinski definition) is 4. The zero-order valence-corrected chi connectivity index (χ0v) is 13.0. The molecular weight excluding hydrogens is 268 g/mol. The summed E-state index contributed by atoms with van der Waals surface area (Å²) in [7, 11) is 0. The van der Waals surface area contributed by atoms with Crippen LogP contribution in [0.1, 0.15) is 33.6 Å². The summed E-state index contributed by atoms with van der Waals surface area (Å²) < 4.78 is 11.2. The molecule has 1 aromatic rings. The summed E-state index contributed by atoms with van der Waals surface area (Å²) in [6.07, 6.45) is 5.26. The number of hydrogen-bond donors (Lipinski definition) is 0. The third kappa shape index (κ3) is 5.25. The van der Waals surface area contributed by atoms with Crippen molar-refractivity contribution in [2.24, 2.45) is 5.92 Å². The molecule has 1 aliphatic rings. The molecule has 116 valence electrons. The van der Waals surface area contributed by atoms with Gasteiger partial charge in [-0.05, 0) is 45.7 Å². The summed E-state index contributed by atoms with van der Waals surface area (Å²) in [5, 5.41) is 0. The van der Waals surface area contributed by atoms with Crippen molar-refractivity contribution in [3.05, 3.63) is 24.5 Å². The van der Waals surface area contributed by atoms with Crippen molar-refractivity contribution in [3.8, 4) is 5.75 Å². The van der Waals surface area contributed by atoms with Crippen LogP contribution in [0.2, 0.25) is 0 Å². The first-order valence-electron chi connectivity index (χ1n) is 7.45. The Kier molecular flexibility index (Phi) is 5.04. The molecule has 2 rings (SSSR count). The van der Waals surface area contributed by atoms with Crippen LogP contribution in [0.3, 0.4) is 0 Å². The molecule has 0 aliphatic carbocycles. The van der Waals surface area contributed by atoms with Crippen LogP contribution in [0.15, 0.2) is 24.5 Å². The van der Waals surface area contributed by atoms with Crippen molar-refractivity contribution >= 4 is 6.09 Å². The quantitative estimate of drug-likeness (QED) is 0.859. The number of nitrogens with zero attached hydrogens (tertiary/aromatic N) is 2. The van der Waals surface area contributed by atoms with Crippen LogP contribution < -0.4 is 4.74 Å². The van der Waals surface area contributed by atoms with E-state index in [1.54, 1.807) is 17.3 Å². The second-order valence-electron chi connectivity index (χ2n) is 6.43. The van der Waals surface area contributed by atoms with Crippen molar-refractivity contribution in [2.75, 3.05) is 19.7 Å². The van der Waals surface area contributed by atoms with Crippen LogP contribution in [0.4, 0.5) is 4.79 Å². The van der Waals surface area contributed by atoms with Gasteiger partial charge in [-0.2, -0.15) is 0 Å². The maximum absolute atomic E-state index is 12.1. The molecule has 1 amide bonds. The molecule has 0 radical (unpaired) electrons. The highest BCUT2D eigenvalue weighted by molar-refractivity contribution is 5.68. The van der Waals surface area contributed by atoms with E-state index >= 15 is 0 Å². The molecule has 1 aromatic heterocycles. The lowest BCUT2D eigenvalue weighted by atomic mass is 9.99. The molecule has 1 atom stereocenters. The second-order valence-corrected chi connectivity index (χ2v) is 6.43. The summed E-state index contributed by atoms with van der Waals surface area (Å²) in [5.74, 6) is 1.17. The van der Waals surface area contributed by atoms with Crippen LogP contribution >= 0.6 is 0 Å². The molecule has 0 spiro atoms. The van der Waals surface area contributed by atoms with Crippen molar-refractivity contribution < 1.29 is 14.3 Å². The van der Waals surface area contributed by atoms with Crippen molar-refractivity contribution in [1.82, 2.24) is 9.88 Å². The van der Waals surface area contributed by atoms with Crippen LogP contribution in [0.5, 0.6) is 5.75 Å². The average Bonchev–Trinajstić information content (AvgIpc) is 2.45. The Morgan fingerprint density at radius 1 is 1.38 bits per heavy atom. The molecule has 0 N–H and O–H groups in total. The minimum absolute atomic E-state index is 0.226. The average molecular weight is 292 g/mol.